The van der Waals surface area contributed by atoms with Crippen LogP contribution in [0.4, 0.5) is 4.39 Å². The van der Waals surface area contributed by atoms with Gasteiger partial charge >= 0.3 is 0 Å². The summed E-state index contributed by atoms with van der Waals surface area (Å²) in [6, 6.07) is 6.17. The van der Waals surface area contributed by atoms with Gasteiger partial charge in [-0.3, -0.25) is 14.5 Å². The van der Waals surface area contributed by atoms with E-state index < -0.39 is 5.82 Å². The minimum absolute atomic E-state index is 0.148. The minimum Gasteiger partial charge on any atom is -0.354 e. The number of aryl methyl sites for hydroxylation is 1. The third kappa shape index (κ3) is 5.01. The highest BCUT2D eigenvalue weighted by molar-refractivity contribution is 8.26. The lowest BCUT2D eigenvalue weighted by Gasteiger charge is -2.14. The Balaban J connectivity index is 1.52. The summed E-state index contributed by atoms with van der Waals surface area (Å²) in [5.74, 6) is -1.09. The number of halogens is 1. The smallest absolute Gasteiger partial charge is 0.266 e. The number of nitrogens with zero attached hydrogens (tertiary/aromatic N) is 3. The van der Waals surface area contributed by atoms with Crippen molar-refractivity contribution in [1.29, 1.82) is 0 Å². The van der Waals surface area contributed by atoms with E-state index in [0.717, 1.165) is 24.7 Å². The Labute approximate surface area is 165 Å². The molecule has 0 atom stereocenters. The zero-order valence-corrected chi connectivity index (χ0v) is 15.9. The number of hydrogen-bond donors (Lipinski definition) is 1. The van der Waals surface area contributed by atoms with Crippen LogP contribution in [0.15, 0.2) is 47.9 Å². The number of thiocarbonyl (C=S) groups is 1. The quantitative estimate of drug-likeness (QED) is 0.436. The summed E-state index contributed by atoms with van der Waals surface area (Å²) in [7, 11) is 0. The van der Waals surface area contributed by atoms with E-state index >= 15 is 0 Å². The number of imidazole rings is 1. The monoisotopic (exact) mass is 404 g/mol. The third-order valence-electron chi connectivity index (χ3n) is 3.84. The molecule has 1 aliphatic rings. The number of amides is 2. The summed E-state index contributed by atoms with van der Waals surface area (Å²) in [5.41, 5.74) is 0.307. The van der Waals surface area contributed by atoms with E-state index in [1.165, 1.54) is 17.0 Å². The van der Waals surface area contributed by atoms with Crippen LogP contribution in [-0.2, 0) is 16.1 Å². The number of carbonyl (C=O) groups excluding carboxylic acids is 2. The van der Waals surface area contributed by atoms with Gasteiger partial charge in [-0.25, -0.2) is 9.37 Å². The molecule has 3 rings (SSSR count). The van der Waals surface area contributed by atoms with Crippen LogP contribution in [-0.4, -0.2) is 43.7 Å². The van der Waals surface area contributed by atoms with Gasteiger partial charge in [0.15, 0.2) is 0 Å². The van der Waals surface area contributed by atoms with Crippen molar-refractivity contribution in [2.75, 3.05) is 13.1 Å². The molecule has 27 heavy (non-hydrogen) atoms. The van der Waals surface area contributed by atoms with Gasteiger partial charge in [-0.2, -0.15) is 0 Å². The molecule has 2 aromatic rings. The fourth-order valence-corrected chi connectivity index (χ4v) is 3.72. The third-order valence-corrected chi connectivity index (χ3v) is 5.22. The zero-order chi connectivity index (χ0) is 19.2. The van der Waals surface area contributed by atoms with Crippen LogP contribution in [0.2, 0.25) is 0 Å². The van der Waals surface area contributed by atoms with Crippen molar-refractivity contribution >= 4 is 46.2 Å². The molecule has 2 amide bonds. The highest BCUT2D eigenvalue weighted by atomic mass is 32.2. The lowest BCUT2D eigenvalue weighted by Crippen LogP contribution is -2.39. The topological polar surface area (TPSA) is 67.2 Å². The fourth-order valence-electron chi connectivity index (χ4n) is 2.48. The first-order valence-electron chi connectivity index (χ1n) is 8.27. The molecule has 0 saturated carbocycles. The Morgan fingerprint density at radius 3 is 2.93 bits per heavy atom. The molecule has 1 aromatic carbocycles. The Bertz CT molecular complexity index is 883. The van der Waals surface area contributed by atoms with E-state index in [-0.39, 0.29) is 22.7 Å². The van der Waals surface area contributed by atoms with E-state index in [1.54, 1.807) is 30.7 Å². The van der Waals surface area contributed by atoms with E-state index in [4.69, 9.17) is 12.2 Å². The lowest BCUT2D eigenvalue weighted by atomic mass is 10.2. The fraction of sp³-hybridized carbons (Fsp3) is 0.222. The SMILES string of the molecule is O=C(CN1C(=O)/C(=C\c2ccccc2F)SC1=S)NCCCn1ccnc1. The molecule has 0 bridgehead atoms. The van der Waals surface area contributed by atoms with Gasteiger partial charge in [0.05, 0.1) is 11.2 Å². The van der Waals surface area contributed by atoms with Crippen molar-refractivity contribution in [3.8, 4) is 0 Å². The van der Waals surface area contributed by atoms with Crippen molar-refractivity contribution in [1.82, 2.24) is 19.8 Å². The second kappa shape index (κ2) is 8.92. The van der Waals surface area contributed by atoms with Crippen molar-refractivity contribution in [2.24, 2.45) is 0 Å². The van der Waals surface area contributed by atoms with Gasteiger partial charge in [0.1, 0.15) is 16.7 Å². The molecule has 6 nitrogen and oxygen atoms in total. The summed E-state index contributed by atoms with van der Waals surface area (Å²) in [4.78, 5) is 30.1. The average molecular weight is 404 g/mol. The molecule has 1 saturated heterocycles. The molecule has 0 spiro atoms. The molecule has 1 fully saturated rings. The Hall–Kier alpha value is -2.52. The lowest BCUT2D eigenvalue weighted by molar-refractivity contribution is -0.128. The molecular formula is C18H17FN4O2S2. The largest absolute Gasteiger partial charge is 0.354 e. The number of thioether (sulfide) groups is 1. The molecule has 1 N–H and O–H groups in total. The first kappa shape index (κ1) is 19.2. The average Bonchev–Trinajstić information content (AvgIpc) is 3.25. The minimum atomic E-state index is -0.418. The number of hydrogen-bond acceptors (Lipinski definition) is 5. The second-order valence-corrected chi connectivity index (χ2v) is 7.47. The zero-order valence-electron chi connectivity index (χ0n) is 14.3. The molecule has 1 aromatic heterocycles. The molecule has 9 heteroatoms. The predicted octanol–water partition coefficient (Wildman–Crippen LogP) is 2.43. The highest BCUT2D eigenvalue weighted by Crippen LogP contribution is 2.32. The van der Waals surface area contributed by atoms with Crippen LogP contribution in [0.1, 0.15) is 12.0 Å². The summed E-state index contributed by atoms with van der Waals surface area (Å²) < 4.78 is 16.0. The first-order valence-corrected chi connectivity index (χ1v) is 9.49. The Morgan fingerprint density at radius 1 is 1.37 bits per heavy atom. The van der Waals surface area contributed by atoms with Crippen molar-refractivity contribution in [2.45, 2.75) is 13.0 Å². The van der Waals surface area contributed by atoms with Crippen LogP contribution in [0, 0.1) is 5.82 Å². The van der Waals surface area contributed by atoms with Crippen LogP contribution in [0.25, 0.3) is 6.08 Å². The molecule has 140 valence electrons. The maximum Gasteiger partial charge on any atom is 0.266 e. The van der Waals surface area contributed by atoms with Crippen LogP contribution >= 0.6 is 24.0 Å². The van der Waals surface area contributed by atoms with Crippen molar-refractivity contribution in [3.63, 3.8) is 0 Å². The standard InChI is InChI=1S/C18H17FN4O2S2/c19-14-5-2-1-4-13(14)10-15-17(25)23(18(26)27-15)11-16(24)21-6-3-8-22-9-7-20-12-22/h1-2,4-5,7,9-10,12H,3,6,8,11H2,(H,21,24)/b15-10+. The molecule has 0 aliphatic carbocycles. The van der Waals surface area contributed by atoms with Gasteiger partial charge in [-0.15, -0.1) is 0 Å². The Kier molecular flexibility index (Phi) is 6.36. The highest BCUT2D eigenvalue weighted by Gasteiger charge is 2.33. The van der Waals surface area contributed by atoms with Gasteiger partial charge in [0.2, 0.25) is 5.91 Å². The number of rotatable bonds is 7. The summed E-state index contributed by atoms with van der Waals surface area (Å²) >= 11 is 6.26. The number of aromatic nitrogens is 2. The van der Waals surface area contributed by atoms with E-state index in [9.17, 15) is 14.0 Å². The summed E-state index contributed by atoms with van der Waals surface area (Å²) in [6.45, 7) is 1.08. The molecule has 0 unspecified atom stereocenters. The van der Waals surface area contributed by atoms with Gasteiger partial charge in [-0.1, -0.05) is 42.2 Å². The van der Waals surface area contributed by atoms with Crippen molar-refractivity contribution in [3.05, 3.63) is 59.3 Å². The molecule has 0 radical (unpaired) electrons. The summed E-state index contributed by atoms with van der Waals surface area (Å²) in [5, 5.41) is 2.77. The maximum absolute atomic E-state index is 13.8. The molecule has 1 aliphatic heterocycles. The van der Waals surface area contributed by atoms with E-state index in [0.29, 0.717) is 17.0 Å². The van der Waals surface area contributed by atoms with Crippen LogP contribution in [0.5, 0.6) is 0 Å². The Morgan fingerprint density at radius 2 is 2.19 bits per heavy atom. The first-order chi connectivity index (χ1) is 13.0. The molecular weight excluding hydrogens is 387 g/mol. The van der Waals surface area contributed by atoms with Crippen molar-refractivity contribution < 1.29 is 14.0 Å². The summed E-state index contributed by atoms with van der Waals surface area (Å²) in [6.07, 6.45) is 7.46. The van der Waals surface area contributed by atoms with Gasteiger partial charge in [0, 0.05) is 31.0 Å². The second-order valence-electron chi connectivity index (χ2n) is 5.79. The van der Waals surface area contributed by atoms with Crippen LogP contribution < -0.4 is 5.32 Å². The van der Waals surface area contributed by atoms with Gasteiger partial charge in [-0.05, 0) is 18.6 Å². The number of benzene rings is 1. The van der Waals surface area contributed by atoms with E-state index in [2.05, 4.69) is 10.3 Å². The predicted molar refractivity (Wildman–Crippen MR) is 106 cm³/mol. The normalized spacial score (nSPS) is 15.6. The van der Waals surface area contributed by atoms with E-state index in [1.807, 2.05) is 10.8 Å². The number of nitrogens with one attached hydrogen (secondary N) is 1. The van der Waals surface area contributed by atoms with Crippen LogP contribution in [0.3, 0.4) is 0 Å². The van der Waals surface area contributed by atoms with Gasteiger partial charge in [0.25, 0.3) is 5.91 Å². The number of carbonyl (C=O) groups is 2. The van der Waals surface area contributed by atoms with Gasteiger partial charge < -0.3 is 9.88 Å². The molecule has 2 heterocycles. The maximum atomic E-state index is 13.8.